The van der Waals surface area contributed by atoms with Gasteiger partial charge in [-0.2, -0.15) is 0 Å². The van der Waals surface area contributed by atoms with Crippen molar-refractivity contribution in [3.05, 3.63) is 12.2 Å². The van der Waals surface area contributed by atoms with Crippen molar-refractivity contribution in [1.82, 2.24) is 10.2 Å². The van der Waals surface area contributed by atoms with E-state index >= 15 is 0 Å². The Morgan fingerprint density at radius 2 is 1.79 bits per heavy atom. The Morgan fingerprint density at radius 1 is 1.26 bits per heavy atom. The van der Waals surface area contributed by atoms with Crippen LogP contribution in [0.25, 0.3) is 0 Å². The molecule has 0 aliphatic heterocycles. The largest absolute Gasteiger partial charge is 0.481 e. The summed E-state index contributed by atoms with van der Waals surface area (Å²) in [4.78, 5) is 25.3. The Hall–Kier alpha value is -1.36. The van der Waals surface area contributed by atoms with Crippen LogP contribution in [-0.2, 0) is 9.59 Å². The van der Waals surface area contributed by atoms with Gasteiger partial charge in [0.15, 0.2) is 0 Å². The molecule has 0 radical (unpaired) electrons. The van der Waals surface area contributed by atoms with Gasteiger partial charge in [0, 0.05) is 12.1 Å². The van der Waals surface area contributed by atoms with Crippen LogP contribution in [0.4, 0.5) is 0 Å². The van der Waals surface area contributed by atoms with Crippen molar-refractivity contribution < 1.29 is 14.7 Å². The number of carboxylic acid groups (broad SMARTS) is 1. The van der Waals surface area contributed by atoms with E-state index in [-0.39, 0.29) is 11.4 Å². The summed E-state index contributed by atoms with van der Waals surface area (Å²) in [5, 5.41) is 12.0. The van der Waals surface area contributed by atoms with Crippen LogP contribution in [0, 0.1) is 11.8 Å². The van der Waals surface area contributed by atoms with Crippen molar-refractivity contribution >= 4 is 11.9 Å². The minimum atomic E-state index is -0.892. The highest BCUT2D eigenvalue weighted by atomic mass is 16.4. The summed E-state index contributed by atoms with van der Waals surface area (Å²) in [6.07, 6.45) is 4.67. The van der Waals surface area contributed by atoms with Crippen molar-refractivity contribution in [3.8, 4) is 0 Å². The molecule has 2 unspecified atom stereocenters. The van der Waals surface area contributed by atoms with Gasteiger partial charge in [0.2, 0.25) is 5.91 Å². The van der Waals surface area contributed by atoms with Crippen LogP contribution < -0.4 is 5.32 Å². The van der Waals surface area contributed by atoms with E-state index in [2.05, 4.69) is 5.32 Å². The van der Waals surface area contributed by atoms with Gasteiger partial charge in [-0.05, 0) is 40.8 Å². The predicted molar refractivity (Wildman–Crippen MR) is 73.8 cm³/mol. The van der Waals surface area contributed by atoms with E-state index in [9.17, 15) is 9.59 Å². The lowest BCUT2D eigenvalue weighted by atomic mass is 9.82. The van der Waals surface area contributed by atoms with E-state index in [1.165, 1.54) is 0 Å². The molecule has 2 atom stereocenters. The first-order valence-corrected chi connectivity index (χ1v) is 6.58. The van der Waals surface area contributed by atoms with Crippen LogP contribution in [0.5, 0.6) is 0 Å². The zero-order valence-electron chi connectivity index (χ0n) is 12.1. The summed E-state index contributed by atoms with van der Waals surface area (Å²) in [5.74, 6) is -2.11. The number of aliphatic carboxylic acids is 1. The molecule has 1 rings (SSSR count). The summed E-state index contributed by atoms with van der Waals surface area (Å²) in [6.45, 7) is 4.57. The van der Waals surface area contributed by atoms with Gasteiger partial charge < -0.3 is 15.3 Å². The molecule has 0 heterocycles. The van der Waals surface area contributed by atoms with Gasteiger partial charge in [-0.3, -0.25) is 9.59 Å². The summed E-state index contributed by atoms with van der Waals surface area (Å²) in [5.41, 5.74) is -0.154. The number of nitrogens with zero attached hydrogens (tertiary/aromatic N) is 1. The van der Waals surface area contributed by atoms with Gasteiger partial charge in [0.05, 0.1) is 11.8 Å². The maximum absolute atomic E-state index is 12.2. The number of amides is 1. The number of rotatable bonds is 5. The number of carbonyl (C=O) groups excluding carboxylic acids is 1. The molecule has 1 amide bonds. The topological polar surface area (TPSA) is 69.6 Å². The molecule has 0 bridgehead atoms. The van der Waals surface area contributed by atoms with E-state index in [4.69, 9.17) is 5.11 Å². The molecule has 1 aliphatic rings. The maximum Gasteiger partial charge on any atom is 0.307 e. The predicted octanol–water partition coefficient (Wildman–Crippen LogP) is 1.11. The van der Waals surface area contributed by atoms with Crippen molar-refractivity contribution in [2.45, 2.75) is 32.2 Å². The summed E-state index contributed by atoms with van der Waals surface area (Å²) < 4.78 is 0. The lowest BCUT2D eigenvalue weighted by Crippen LogP contribution is -2.50. The van der Waals surface area contributed by atoms with Gasteiger partial charge in [-0.1, -0.05) is 12.2 Å². The second-order valence-electron chi connectivity index (χ2n) is 5.92. The number of likely N-dealkylation sites (N-methyl/N-ethyl adjacent to an activating group) is 1. The summed E-state index contributed by atoms with van der Waals surface area (Å²) >= 11 is 0. The Balaban J connectivity index is 2.62. The molecule has 5 heteroatoms. The molecular formula is C14H24N2O3. The van der Waals surface area contributed by atoms with Crippen molar-refractivity contribution in [1.29, 1.82) is 0 Å². The standard InChI is InChI=1S/C14H24N2O3/c1-14(2,16(3)4)9-15-12(17)10-7-5-6-8-11(10)13(18)19/h5-6,10-11H,7-9H2,1-4H3,(H,15,17)(H,18,19). The molecule has 0 saturated carbocycles. The SMILES string of the molecule is CN(C)C(C)(C)CNC(=O)C1CC=CCC1C(=O)O. The minimum Gasteiger partial charge on any atom is -0.481 e. The molecule has 0 aromatic heterocycles. The monoisotopic (exact) mass is 268 g/mol. The van der Waals surface area contributed by atoms with Crippen LogP contribution in [0.1, 0.15) is 26.7 Å². The molecule has 2 N–H and O–H groups in total. The number of hydrogen-bond donors (Lipinski definition) is 2. The molecule has 0 saturated heterocycles. The van der Waals surface area contributed by atoms with Crippen LogP contribution in [0.2, 0.25) is 0 Å². The Kier molecular flexibility index (Phi) is 5.11. The average Bonchev–Trinajstić information content (AvgIpc) is 2.35. The van der Waals surface area contributed by atoms with Crippen LogP contribution in [0.15, 0.2) is 12.2 Å². The van der Waals surface area contributed by atoms with E-state index in [1.807, 2.05) is 45.0 Å². The number of carboxylic acids is 1. The van der Waals surface area contributed by atoms with Gasteiger partial charge in [0.25, 0.3) is 0 Å². The van der Waals surface area contributed by atoms with Crippen LogP contribution >= 0.6 is 0 Å². The summed E-state index contributed by atoms with van der Waals surface area (Å²) in [6, 6.07) is 0. The smallest absolute Gasteiger partial charge is 0.307 e. The van der Waals surface area contributed by atoms with Gasteiger partial charge in [-0.25, -0.2) is 0 Å². The third kappa shape index (κ3) is 4.06. The Bertz CT molecular complexity index is 375. The van der Waals surface area contributed by atoms with Crippen molar-refractivity contribution in [2.75, 3.05) is 20.6 Å². The highest BCUT2D eigenvalue weighted by Gasteiger charge is 2.34. The third-order valence-corrected chi connectivity index (χ3v) is 3.99. The fraction of sp³-hybridized carbons (Fsp3) is 0.714. The number of allylic oxidation sites excluding steroid dienone is 2. The molecule has 19 heavy (non-hydrogen) atoms. The number of hydrogen-bond acceptors (Lipinski definition) is 3. The average molecular weight is 268 g/mol. The van der Waals surface area contributed by atoms with Crippen LogP contribution in [-0.4, -0.2) is 48.1 Å². The molecule has 0 spiro atoms. The fourth-order valence-corrected chi connectivity index (χ4v) is 1.97. The fourth-order valence-electron chi connectivity index (χ4n) is 1.97. The number of nitrogens with one attached hydrogen (secondary N) is 1. The zero-order valence-corrected chi connectivity index (χ0v) is 12.1. The highest BCUT2D eigenvalue weighted by molar-refractivity contribution is 5.85. The quantitative estimate of drug-likeness (QED) is 0.733. The second-order valence-corrected chi connectivity index (χ2v) is 5.92. The van der Waals surface area contributed by atoms with Gasteiger partial charge in [0.1, 0.15) is 0 Å². The molecule has 0 aromatic carbocycles. The van der Waals surface area contributed by atoms with Crippen molar-refractivity contribution in [2.24, 2.45) is 11.8 Å². The van der Waals surface area contributed by atoms with E-state index < -0.39 is 17.8 Å². The number of carbonyl (C=O) groups is 2. The van der Waals surface area contributed by atoms with Crippen molar-refractivity contribution in [3.63, 3.8) is 0 Å². The molecule has 0 aromatic rings. The van der Waals surface area contributed by atoms with Gasteiger partial charge in [-0.15, -0.1) is 0 Å². The van der Waals surface area contributed by atoms with E-state index in [1.54, 1.807) is 0 Å². The molecule has 0 fully saturated rings. The molecule has 1 aliphatic carbocycles. The first kappa shape index (κ1) is 15.7. The Labute approximate surface area is 114 Å². The summed E-state index contributed by atoms with van der Waals surface area (Å²) in [7, 11) is 3.91. The maximum atomic E-state index is 12.2. The third-order valence-electron chi connectivity index (χ3n) is 3.99. The molecule has 108 valence electrons. The normalized spacial score (nSPS) is 23.4. The molecule has 5 nitrogen and oxygen atoms in total. The minimum absolute atomic E-state index is 0.154. The first-order valence-electron chi connectivity index (χ1n) is 6.58. The zero-order chi connectivity index (χ0) is 14.6. The second kappa shape index (κ2) is 6.19. The Morgan fingerprint density at radius 3 is 2.26 bits per heavy atom. The molecular weight excluding hydrogens is 244 g/mol. The lowest BCUT2D eigenvalue weighted by Gasteiger charge is -2.33. The van der Waals surface area contributed by atoms with E-state index in [0.29, 0.717) is 19.4 Å². The van der Waals surface area contributed by atoms with Gasteiger partial charge >= 0.3 is 5.97 Å². The lowest BCUT2D eigenvalue weighted by molar-refractivity contribution is -0.147. The van der Waals surface area contributed by atoms with Crippen LogP contribution in [0.3, 0.4) is 0 Å². The first-order chi connectivity index (χ1) is 8.75. The highest BCUT2D eigenvalue weighted by Crippen LogP contribution is 2.26. The van der Waals surface area contributed by atoms with E-state index in [0.717, 1.165) is 0 Å².